The van der Waals surface area contributed by atoms with Gasteiger partial charge in [-0.05, 0) is 20.3 Å². The number of aryl methyl sites for hydroxylation is 2. The molecular formula is C12H19ClN2O2. The highest BCUT2D eigenvalue weighted by Gasteiger charge is 2.36. The average molecular weight is 259 g/mol. The van der Waals surface area contributed by atoms with Crippen molar-refractivity contribution in [1.82, 2.24) is 9.78 Å². The van der Waals surface area contributed by atoms with Crippen LogP contribution in [0.15, 0.2) is 0 Å². The van der Waals surface area contributed by atoms with Crippen LogP contribution in [-0.2, 0) is 18.2 Å². The molecule has 1 aromatic rings. The second-order valence-electron chi connectivity index (χ2n) is 5.06. The molecule has 2 unspecified atom stereocenters. The molecule has 1 aliphatic heterocycles. The molecule has 0 aromatic carbocycles. The predicted molar refractivity (Wildman–Crippen MR) is 66.2 cm³/mol. The van der Waals surface area contributed by atoms with Gasteiger partial charge in [0.15, 0.2) is 0 Å². The SMILES string of the molecule is Cc1nn(C)c(CC(C)(O)C2CCOC2)c1Cl. The Morgan fingerprint density at radius 3 is 2.82 bits per heavy atom. The largest absolute Gasteiger partial charge is 0.389 e. The van der Waals surface area contributed by atoms with E-state index in [-0.39, 0.29) is 5.92 Å². The summed E-state index contributed by atoms with van der Waals surface area (Å²) in [5.74, 6) is 0.175. The minimum atomic E-state index is -0.791. The first-order chi connectivity index (χ1) is 7.92. The van der Waals surface area contributed by atoms with Crippen molar-refractivity contribution in [3.8, 4) is 0 Å². The molecule has 1 saturated heterocycles. The minimum absolute atomic E-state index is 0.175. The van der Waals surface area contributed by atoms with Gasteiger partial charge in [0.05, 0.1) is 28.6 Å². The molecule has 1 aromatic heterocycles. The van der Waals surface area contributed by atoms with Crippen LogP contribution >= 0.6 is 11.6 Å². The van der Waals surface area contributed by atoms with E-state index in [0.29, 0.717) is 18.1 Å². The van der Waals surface area contributed by atoms with E-state index in [1.807, 2.05) is 20.9 Å². The van der Waals surface area contributed by atoms with E-state index in [4.69, 9.17) is 16.3 Å². The number of hydrogen-bond donors (Lipinski definition) is 1. The van der Waals surface area contributed by atoms with Gasteiger partial charge in [0.1, 0.15) is 0 Å². The van der Waals surface area contributed by atoms with Gasteiger partial charge in [-0.3, -0.25) is 4.68 Å². The maximum Gasteiger partial charge on any atom is 0.0848 e. The Hall–Kier alpha value is -0.580. The number of halogens is 1. The van der Waals surface area contributed by atoms with Crippen LogP contribution in [0.25, 0.3) is 0 Å². The lowest BCUT2D eigenvalue weighted by Crippen LogP contribution is -2.38. The van der Waals surface area contributed by atoms with Crippen molar-refractivity contribution in [1.29, 1.82) is 0 Å². The molecule has 4 nitrogen and oxygen atoms in total. The lowest BCUT2D eigenvalue weighted by Gasteiger charge is -2.29. The van der Waals surface area contributed by atoms with Gasteiger partial charge in [-0.25, -0.2) is 0 Å². The second-order valence-corrected chi connectivity index (χ2v) is 5.44. The third kappa shape index (κ3) is 2.49. The van der Waals surface area contributed by atoms with Crippen LogP contribution in [0.2, 0.25) is 5.02 Å². The van der Waals surface area contributed by atoms with Crippen LogP contribution in [0.3, 0.4) is 0 Å². The summed E-state index contributed by atoms with van der Waals surface area (Å²) >= 11 is 6.20. The summed E-state index contributed by atoms with van der Waals surface area (Å²) in [6.45, 7) is 5.09. The number of ether oxygens (including phenoxy) is 1. The van der Waals surface area contributed by atoms with Gasteiger partial charge in [0.25, 0.3) is 0 Å². The van der Waals surface area contributed by atoms with Gasteiger partial charge in [-0.1, -0.05) is 11.6 Å². The summed E-state index contributed by atoms with van der Waals surface area (Å²) in [7, 11) is 1.86. The number of hydrogen-bond acceptors (Lipinski definition) is 3. The molecule has 0 radical (unpaired) electrons. The lowest BCUT2D eigenvalue weighted by molar-refractivity contribution is -0.00596. The molecule has 2 heterocycles. The molecule has 2 rings (SSSR count). The molecule has 0 bridgehead atoms. The monoisotopic (exact) mass is 258 g/mol. The number of nitrogens with zero attached hydrogens (tertiary/aromatic N) is 2. The van der Waals surface area contributed by atoms with Crippen LogP contribution in [0, 0.1) is 12.8 Å². The molecular weight excluding hydrogens is 240 g/mol. The van der Waals surface area contributed by atoms with E-state index in [1.165, 1.54) is 0 Å². The smallest absolute Gasteiger partial charge is 0.0848 e. The molecule has 1 fully saturated rings. The molecule has 0 aliphatic carbocycles. The Kier molecular flexibility index (Phi) is 3.48. The van der Waals surface area contributed by atoms with Crippen molar-refractivity contribution in [3.05, 3.63) is 16.4 Å². The first-order valence-electron chi connectivity index (χ1n) is 5.90. The van der Waals surface area contributed by atoms with Crippen molar-refractivity contribution in [2.75, 3.05) is 13.2 Å². The first kappa shape index (κ1) is 12.9. The zero-order chi connectivity index (χ0) is 12.6. The van der Waals surface area contributed by atoms with Crippen LogP contribution in [0.1, 0.15) is 24.7 Å². The second kappa shape index (κ2) is 4.59. The van der Waals surface area contributed by atoms with Crippen molar-refractivity contribution in [2.45, 2.75) is 32.3 Å². The third-order valence-corrected chi connectivity index (χ3v) is 4.09. The fourth-order valence-corrected chi connectivity index (χ4v) is 2.61. The molecule has 0 spiro atoms. The summed E-state index contributed by atoms with van der Waals surface area (Å²) in [6, 6.07) is 0. The highest BCUT2D eigenvalue weighted by Crippen LogP contribution is 2.31. The van der Waals surface area contributed by atoms with Gasteiger partial charge >= 0.3 is 0 Å². The molecule has 1 N–H and O–H groups in total. The van der Waals surface area contributed by atoms with Crippen LogP contribution in [-0.4, -0.2) is 33.7 Å². The van der Waals surface area contributed by atoms with E-state index in [0.717, 1.165) is 24.4 Å². The average Bonchev–Trinajstić information content (AvgIpc) is 2.84. The summed E-state index contributed by atoms with van der Waals surface area (Å²) in [6.07, 6.45) is 1.42. The Morgan fingerprint density at radius 1 is 1.65 bits per heavy atom. The standard InChI is InChI=1S/C12H19ClN2O2/c1-8-11(13)10(15(3)14-8)6-12(2,16)9-4-5-17-7-9/h9,16H,4-7H2,1-3H3. The van der Waals surface area contributed by atoms with E-state index < -0.39 is 5.60 Å². The zero-order valence-electron chi connectivity index (χ0n) is 10.5. The van der Waals surface area contributed by atoms with Gasteiger partial charge in [-0.2, -0.15) is 5.10 Å². The van der Waals surface area contributed by atoms with Crippen molar-refractivity contribution in [3.63, 3.8) is 0 Å². The van der Waals surface area contributed by atoms with E-state index >= 15 is 0 Å². The number of aromatic nitrogens is 2. The van der Waals surface area contributed by atoms with Gasteiger partial charge in [0, 0.05) is 26.0 Å². The third-order valence-electron chi connectivity index (χ3n) is 3.60. The van der Waals surface area contributed by atoms with Crippen molar-refractivity contribution >= 4 is 11.6 Å². The summed E-state index contributed by atoms with van der Waals surface area (Å²) in [4.78, 5) is 0. The zero-order valence-corrected chi connectivity index (χ0v) is 11.3. The fraction of sp³-hybridized carbons (Fsp3) is 0.750. The fourth-order valence-electron chi connectivity index (χ4n) is 2.38. The summed E-state index contributed by atoms with van der Waals surface area (Å²) in [5.41, 5.74) is 0.907. The highest BCUT2D eigenvalue weighted by molar-refractivity contribution is 6.31. The van der Waals surface area contributed by atoms with Gasteiger partial charge in [0.2, 0.25) is 0 Å². The molecule has 5 heteroatoms. The van der Waals surface area contributed by atoms with Crippen LogP contribution < -0.4 is 0 Å². The molecule has 0 saturated carbocycles. The maximum atomic E-state index is 10.5. The van der Waals surface area contributed by atoms with Gasteiger partial charge < -0.3 is 9.84 Å². The van der Waals surface area contributed by atoms with Crippen molar-refractivity contribution < 1.29 is 9.84 Å². The Morgan fingerprint density at radius 2 is 2.35 bits per heavy atom. The summed E-state index contributed by atoms with van der Waals surface area (Å²) < 4.78 is 7.08. The predicted octanol–water partition coefficient (Wildman–Crippen LogP) is 1.71. The molecule has 2 atom stereocenters. The Bertz CT molecular complexity index is 409. The molecule has 1 aliphatic rings. The molecule has 17 heavy (non-hydrogen) atoms. The Labute approximate surface area is 107 Å². The van der Waals surface area contributed by atoms with Crippen LogP contribution in [0.4, 0.5) is 0 Å². The Balaban J connectivity index is 2.19. The van der Waals surface area contributed by atoms with E-state index in [9.17, 15) is 5.11 Å². The van der Waals surface area contributed by atoms with Crippen LogP contribution in [0.5, 0.6) is 0 Å². The quantitative estimate of drug-likeness (QED) is 0.898. The lowest BCUT2D eigenvalue weighted by atomic mass is 9.84. The van der Waals surface area contributed by atoms with Crippen molar-refractivity contribution in [2.24, 2.45) is 13.0 Å². The number of rotatable bonds is 3. The minimum Gasteiger partial charge on any atom is -0.389 e. The van der Waals surface area contributed by atoms with E-state index in [2.05, 4.69) is 5.10 Å². The van der Waals surface area contributed by atoms with Gasteiger partial charge in [-0.15, -0.1) is 0 Å². The topological polar surface area (TPSA) is 47.3 Å². The molecule has 96 valence electrons. The highest BCUT2D eigenvalue weighted by atomic mass is 35.5. The van der Waals surface area contributed by atoms with E-state index in [1.54, 1.807) is 4.68 Å². The summed E-state index contributed by atoms with van der Waals surface area (Å²) in [5, 5.41) is 15.5. The first-order valence-corrected chi connectivity index (χ1v) is 6.27. The maximum absolute atomic E-state index is 10.5. The molecule has 0 amide bonds. The number of aliphatic hydroxyl groups is 1. The normalized spacial score (nSPS) is 23.9.